The lowest BCUT2D eigenvalue weighted by Gasteiger charge is -2.15. The van der Waals surface area contributed by atoms with Crippen LogP contribution < -0.4 is 0 Å². The number of carbonyl (C=O) groups excluding carboxylic acids is 1. The first-order valence-corrected chi connectivity index (χ1v) is 7.49. The largest absolute Gasteiger partial charge is 0.459 e. The summed E-state index contributed by atoms with van der Waals surface area (Å²) in [7, 11) is 0. The number of carbonyl (C=O) groups is 1. The second-order valence-corrected chi connectivity index (χ2v) is 5.60. The summed E-state index contributed by atoms with van der Waals surface area (Å²) in [5.74, 6) is 1.51. The van der Waals surface area contributed by atoms with Crippen LogP contribution in [-0.2, 0) is 11.3 Å². The maximum absolute atomic E-state index is 12.2. The van der Waals surface area contributed by atoms with E-state index in [-0.39, 0.29) is 11.8 Å². The Balaban J connectivity index is 1.48. The maximum atomic E-state index is 12.2. The van der Waals surface area contributed by atoms with Crippen LogP contribution in [0.3, 0.4) is 0 Å². The average molecular weight is 309 g/mol. The maximum Gasteiger partial charge on any atom is 0.293 e. The monoisotopic (exact) mass is 309 g/mol. The number of nitrogens with zero attached hydrogens (tertiary/aromatic N) is 3. The lowest BCUT2D eigenvalue weighted by Crippen LogP contribution is -2.24. The van der Waals surface area contributed by atoms with Gasteiger partial charge in [0.05, 0.1) is 6.26 Å². The van der Waals surface area contributed by atoms with Crippen molar-refractivity contribution in [3.8, 4) is 11.7 Å². The van der Waals surface area contributed by atoms with E-state index in [0.717, 1.165) is 5.56 Å². The highest BCUT2D eigenvalue weighted by atomic mass is 16.5. The van der Waals surface area contributed by atoms with E-state index in [2.05, 4.69) is 10.1 Å². The molecule has 0 unspecified atom stereocenters. The number of furan rings is 1. The molecule has 6 nitrogen and oxygen atoms in total. The fraction of sp³-hybridized carbons (Fsp3) is 0.235. The number of hydrogen-bond acceptors (Lipinski definition) is 5. The van der Waals surface area contributed by atoms with Crippen LogP contribution in [0.1, 0.15) is 23.7 Å². The topological polar surface area (TPSA) is 72.4 Å². The van der Waals surface area contributed by atoms with Gasteiger partial charge in [-0.1, -0.05) is 35.5 Å². The molecule has 3 aromatic rings. The molecule has 1 aromatic carbocycles. The van der Waals surface area contributed by atoms with E-state index in [9.17, 15) is 4.79 Å². The van der Waals surface area contributed by atoms with E-state index in [4.69, 9.17) is 8.94 Å². The van der Waals surface area contributed by atoms with Crippen LogP contribution in [0.15, 0.2) is 57.7 Å². The standard InChI is InChI=1S/C17H15N3O3/c21-15-9-13(11-20(15)10-12-5-2-1-3-6-12)16-18-17(23-19-16)14-7-4-8-22-14/h1-8,13H,9-11H2/t13-/m1/s1. The molecule has 6 heteroatoms. The molecule has 116 valence electrons. The smallest absolute Gasteiger partial charge is 0.293 e. The van der Waals surface area contributed by atoms with Gasteiger partial charge in [0, 0.05) is 25.4 Å². The molecule has 1 aliphatic heterocycles. The minimum atomic E-state index is -0.0429. The Kier molecular flexibility index (Phi) is 3.42. The molecule has 0 radical (unpaired) electrons. The van der Waals surface area contributed by atoms with Gasteiger partial charge in [-0.2, -0.15) is 4.98 Å². The van der Waals surface area contributed by atoms with Crippen molar-refractivity contribution in [3.05, 3.63) is 60.1 Å². The predicted octanol–water partition coefficient (Wildman–Crippen LogP) is 2.85. The number of likely N-dealkylation sites (tertiary alicyclic amines) is 1. The van der Waals surface area contributed by atoms with Crippen molar-refractivity contribution in [3.63, 3.8) is 0 Å². The van der Waals surface area contributed by atoms with Gasteiger partial charge in [-0.3, -0.25) is 4.79 Å². The van der Waals surface area contributed by atoms with Gasteiger partial charge in [0.15, 0.2) is 11.6 Å². The van der Waals surface area contributed by atoms with E-state index in [1.165, 1.54) is 0 Å². The van der Waals surface area contributed by atoms with Crippen molar-refractivity contribution >= 4 is 5.91 Å². The van der Waals surface area contributed by atoms with Crippen LogP contribution in [0.25, 0.3) is 11.7 Å². The Morgan fingerprint density at radius 3 is 2.83 bits per heavy atom. The van der Waals surface area contributed by atoms with E-state index in [1.54, 1.807) is 18.4 Å². The zero-order valence-corrected chi connectivity index (χ0v) is 12.4. The second-order valence-electron chi connectivity index (χ2n) is 5.60. The van der Waals surface area contributed by atoms with Gasteiger partial charge in [0.25, 0.3) is 5.89 Å². The Bertz CT molecular complexity index is 796. The normalized spacial score (nSPS) is 17.8. The first kappa shape index (κ1) is 13.8. The van der Waals surface area contributed by atoms with Crippen LogP contribution in [0.4, 0.5) is 0 Å². The number of amides is 1. The summed E-state index contributed by atoms with van der Waals surface area (Å²) in [4.78, 5) is 18.4. The van der Waals surface area contributed by atoms with Crippen molar-refractivity contribution in [1.82, 2.24) is 15.0 Å². The van der Waals surface area contributed by atoms with Crippen LogP contribution in [-0.4, -0.2) is 27.5 Å². The molecule has 4 rings (SSSR count). The molecule has 2 aromatic heterocycles. The summed E-state index contributed by atoms with van der Waals surface area (Å²) >= 11 is 0. The highest BCUT2D eigenvalue weighted by molar-refractivity contribution is 5.79. The molecular formula is C17H15N3O3. The lowest BCUT2D eigenvalue weighted by molar-refractivity contribution is -0.128. The summed E-state index contributed by atoms with van der Waals surface area (Å²) in [5.41, 5.74) is 1.12. The quantitative estimate of drug-likeness (QED) is 0.741. The fourth-order valence-electron chi connectivity index (χ4n) is 2.80. The zero-order valence-electron chi connectivity index (χ0n) is 12.4. The minimum absolute atomic E-state index is 0.0429. The van der Waals surface area contributed by atoms with Gasteiger partial charge in [0.2, 0.25) is 5.91 Å². The summed E-state index contributed by atoms with van der Waals surface area (Å²) in [6.45, 7) is 1.21. The summed E-state index contributed by atoms with van der Waals surface area (Å²) < 4.78 is 10.5. The third-order valence-electron chi connectivity index (χ3n) is 3.97. The molecule has 1 amide bonds. The van der Waals surface area contributed by atoms with E-state index in [1.807, 2.05) is 35.2 Å². The summed E-state index contributed by atoms with van der Waals surface area (Å²) in [6.07, 6.45) is 1.96. The van der Waals surface area contributed by atoms with Crippen LogP contribution in [0.2, 0.25) is 0 Å². The molecule has 0 bridgehead atoms. The number of aromatic nitrogens is 2. The SMILES string of the molecule is O=C1C[C@@H](c2noc(-c3ccco3)n2)CN1Cc1ccccc1. The summed E-state index contributed by atoms with van der Waals surface area (Å²) in [5, 5.41) is 4.01. The van der Waals surface area contributed by atoms with Crippen LogP contribution >= 0.6 is 0 Å². The van der Waals surface area contributed by atoms with E-state index >= 15 is 0 Å². The van der Waals surface area contributed by atoms with Gasteiger partial charge >= 0.3 is 0 Å². The van der Waals surface area contributed by atoms with Crippen LogP contribution in [0, 0.1) is 0 Å². The zero-order chi connectivity index (χ0) is 15.6. The van der Waals surface area contributed by atoms with Gasteiger partial charge in [0.1, 0.15) is 0 Å². The van der Waals surface area contributed by atoms with Gasteiger partial charge in [-0.15, -0.1) is 0 Å². The van der Waals surface area contributed by atoms with E-state index in [0.29, 0.717) is 37.0 Å². The Morgan fingerprint density at radius 1 is 1.17 bits per heavy atom. The molecule has 1 atom stereocenters. The number of benzene rings is 1. The molecular weight excluding hydrogens is 294 g/mol. The summed E-state index contributed by atoms with van der Waals surface area (Å²) in [6, 6.07) is 13.5. The van der Waals surface area contributed by atoms with Crippen LogP contribution in [0.5, 0.6) is 0 Å². The molecule has 1 saturated heterocycles. The number of rotatable bonds is 4. The Labute approximate surface area is 132 Å². The average Bonchev–Trinajstić information content (AvgIpc) is 3.29. The first-order chi connectivity index (χ1) is 11.3. The molecule has 0 aliphatic carbocycles. The molecule has 1 fully saturated rings. The molecule has 0 saturated carbocycles. The molecule has 0 N–H and O–H groups in total. The van der Waals surface area contributed by atoms with Crippen molar-refractivity contribution in [2.75, 3.05) is 6.54 Å². The predicted molar refractivity (Wildman–Crippen MR) is 81.2 cm³/mol. The third-order valence-corrected chi connectivity index (χ3v) is 3.97. The minimum Gasteiger partial charge on any atom is -0.459 e. The van der Waals surface area contributed by atoms with Crippen molar-refractivity contribution in [1.29, 1.82) is 0 Å². The van der Waals surface area contributed by atoms with Gasteiger partial charge < -0.3 is 13.8 Å². The van der Waals surface area contributed by atoms with Crippen molar-refractivity contribution in [2.45, 2.75) is 18.9 Å². The number of hydrogen-bond donors (Lipinski definition) is 0. The van der Waals surface area contributed by atoms with Crippen molar-refractivity contribution in [2.24, 2.45) is 0 Å². The molecule has 23 heavy (non-hydrogen) atoms. The lowest BCUT2D eigenvalue weighted by atomic mass is 10.1. The van der Waals surface area contributed by atoms with Gasteiger partial charge in [-0.05, 0) is 17.7 Å². The Morgan fingerprint density at radius 2 is 2.04 bits per heavy atom. The fourth-order valence-corrected chi connectivity index (χ4v) is 2.80. The molecule has 0 spiro atoms. The Hall–Kier alpha value is -2.89. The van der Waals surface area contributed by atoms with Gasteiger partial charge in [-0.25, -0.2) is 0 Å². The van der Waals surface area contributed by atoms with Crippen molar-refractivity contribution < 1.29 is 13.7 Å². The highest BCUT2D eigenvalue weighted by Gasteiger charge is 2.33. The molecule has 3 heterocycles. The first-order valence-electron chi connectivity index (χ1n) is 7.49. The third kappa shape index (κ3) is 2.75. The second kappa shape index (κ2) is 5.72. The van der Waals surface area contributed by atoms with E-state index < -0.39 is 0 Å². The molecule has 1 aliphatic rings. The highest BCUT2D eigenvalue weighted by Crippen LogP contribution is 2.29.